The summed E-state index contributed by atoms with van der Waals surface area (Å²) in [5.41, 5.74) is 1.59. The third-order valence-electron chi connectivity index (χ3n) is 2.70. The highest BCUT2D eigenvalue weighted by Gasteiger charge is 2.21. The molecule has 1 aliphatic carbocycles. The van der Waals surface area contributed by atoms with Crippen LogP contribution in [0.3, 0.4) is 0 Å². The van der Waals surface area contributed by atoms with Crippen molar-refractivity contribution < 1.29 is 9.18 Å². The van der Waals surface area contributed by atoms with Crippen LogP contribution < -0.4 is 0 Å². The highest BCUT2D eigenvalue weighted by molar-refractivity contribution is 6.22. The van der Waals surface area contributed by atoms with Gasteiger partial charge in [0.05, 0.1) is 0 Å². The van der Waals surface area contributed by atoms with Crippen molar-refractivity contribution in [2.45, 2.75) is 24.6 Å². The van der Waals surface area contributed by atoms with E-state index in [1.807, 2.05) is 0 Å². The van der Waals surface area contributed by atoms with E-state index < -0.39 is 0 Å². The summed E-state index contributed by atoms with van der Waals surface area (Å²) < 4.78 is 12.7. The lowest BCUT2D eigenvalue weighted by atomic mass is 9.92. The van der Waals surface area contributed by atoms with Gasteiger partial charge in [0, 0.05) is 11.8 Å². The summed E-state index contributed by atoms with van der Waals surface area (Å²) in [6.07, 6.45) is 3.68. The molecule has 1 aromatic carbocycles. The Balaban J connectivity index is 2.22. The molecule has 0 spiro atoms. The molecule has 1 atom stereocenters. The molecule has 1 aromatic rings. The molecule has 0 N–H and O–H groups in total. The van der Waals surface area contributed by atoms with Crippen molar-refractivity contribution in [1.82, 2.24) is 0 Å². The first-order valence-electron chi connectivity index (χ1n) is 5.28. The first-order chi connectivity index (χ1) is 7.65. The number of hydrogen-bond acceptors (Lipinski definition) is 1. The van der Waals surface area contributed by atoms with Crippen molar-refractivity contribution in [2.75, 3.05) is 0 Å². The third kappa shape index (κ3) is 2.70. The maximum absolute atomic E-state index is 12.7. The van der Waals surface area contributed by atoms with E-state index in [2.05, 4.69) is 0 Å². The van der Waals surface area contributed by atoms with Crippen molar-refractivity contribution in [3.8, 4) is 0 Å². The van der Waals surface area contributed by atoms with E-state index in [0.717, 1.165) is 17.6 Å². The largest absolute Gasteiger partial charge is 0.295 e. The lowest BCUT2D eigenvalue weighted by molar-refractivity contribution is -0.116. The van der Waals surface area contributed by atoms with Gasteiger partial charge in [-0.15, -0.1) is 11.6 Å². The Bertz CT molecular complexity index is 422. The van der Waals surface area contributed by atoms with Gasteiger partial charge in [0.15, 0.2) is 5.78 Å². The maximum atomic E-state index is 12.7. The Morgan fingerprint density at radius 3 is 2.69 bits per heavy atom. The SMILES string of the molecule is O=C1CCC(Cl)C/C1=C/c1ccc(F)cc1. The maximum Gasteiger partial charge on any atom is 0.158 e. The van der Waals surface area contributed by atoms with Crippen LogP contribution >= 0.6 is 11.6 Å². The molecule has 0 radical (unpaired) electrons. The van der Waals surface area contributed by atoms with Crippen molar-refractivity contribution >= 4 is 23.5 Å². The first-order valence-corrected chi connectivity index (χ1v) is 5.72. The van der Waals surface area contributed by atoms with Gasteiger partial charge >= 0.3 is 0 Å². The quantitative estimate of drug-likeness (QED) is 0.540. The van der Waals surface area contributed by atoms with Crippen LogP contribution in [0.2, 0.25) is 0 Å². The van der Waals surface area contributed by atoms with Crippen LogP contribution in [0, 0.1) is 5.82 Å². The summed E-state index contributed by atoms with van der Waals surface area (Å²) in [5, 5.41) is 0.0457. The molecule has 1 aliphatic rings. The Kier molecular flexibility index (Phi) is 3.39. The Hall–Kier alpha value is -1.15. The summed E-state index contributed by atoms with van der Waals surface area (Å²) in [4.78, 5) is 11.6. The zero-order valence-corrected chi connectivity index (χ0v) is 9.51. The fourth-order valence-corrected chi connectivity index (χ4v) is 2.08. The smallest absolute Gasteiger partial charge is 0.158 e. The van der Waals surface area contributed by atoms with Gasteiger partial charge in [-0.2, -0.15) is 0 Å². The number of hydrogen-bond donors (Lipinski definition) is 0. The molecule has 0 aliphatic heterocycles. The van der Waals surface area contributed by atoms with Crippen molar-refractivity contribution in [3.63, 3.8) is 0 Å². The van der Waals surface area contributed by atoms with Gasteiger partial charge in [0.2, 0.25) is 0 Å². The molecule has 1 saturated carbocycles. The molecule has 1 fully saturated rings. The number of halogens is 2. The number of allylic oxidation sites excluding steroid dienone is 1. The van der Waals surface area contributed by atoms with Crippen LogP contribution in [0.15, 0.2) is 29.8 Å². The molecular weight excluding hydrogens is 227 g/mol. The second kappa shape index (κ2) is 4.79. The molecule has 1 nitrogen and oxygen atoms in total. The van der Waals surface area contributed by atoms with Gasteiger partial charge in [-0.05, 0) is 42.2 Å². The van der Waals surface area contributed by atoms with E-state index in [-0.39, 0.29) is 17.0 Å². The minimum absolute atomic E-state index is 0.0457. The number of carbonyl (C=O) groups is 1. The van der Waals surface area contributed by atoms with E-state index in [1.165, 1.54) is 12.1 Å². The lowest BCUT2D eigenvalue weighted by Gasteiger charge is -2.17. The molecule has 0 heterocycles. The summed E-state index contributed by atoms with van der Waals surface area (Å²) in [6.45, 7) is 0. The first kappa shape index (κ1) is 11.3. The highest BCUT2D eigenvalue weighted by atomic mass is 35.5. The number of rotatable bonds is 1. The van der Waals surface area contributed by atoms with Crippen LogP contribution in [0.4, 0.5) is 4.39 Å². The summed E-state index contributed by atoms with van der Waals surface area (Å²) in [7, 11) is 0. The number of ketones is 1. The van der Waals surface area contributed by atoms with Gasteiger partial charge in [-0.25, -0.2) is 4.39 Å². The minimum Gasteiger partial charge on any atom is -0.295 e. The molecular formula is C13H12ClFO. The van der Waals surface area contributed by atoms with E-state index >= 15 is 0 Å². The van der Waals surface area contributed by atoms with Crippen LogP contribution in [-0.2, 0) is 4.79 Å². The fourth-order valence-electron chi connectivity index (χ4n) is 1.80. The molecule has 0 aromatic heterocycles. The van der Waals surface area contributed by atoms with Crippen LogP contribution in [0.5, 0.6) is 0 Å². The summed E-state index contributed by atoms with van der Waals surface area (Å²) >= 11 is 6.02. The number of alkyl halides is 1. The lowest BCUT2D eigenvalue weighted by Crippen LogP contribution is -2.16. The van der Waals surface area contributed by atoms with Crippen LogP contribution in [0.1, 0.15) is 24.8 Å². The Morgan fingerprint density at radius 1 is 1.31 bits per heavy atom. The van der Waals surface area contributed by atoms with Crippen LogP contribution in [0.25, 0.3) is 6.08 Å². The summed E-state index contributed by atoms with van der Waals surface area (Å²) in [6, 6.07) is 6.09. The molecule has 84 valence electrons. The van der Waals surface area contributed by atoms with Gasteiger partial charge in [-0.1, -0.05) is 12.1 Å². The Morgan fingerprint density at radius 2 is 2.00 bits per heavy atom. The topological polar surface area (TPSA) is 17.1 Å². The molecule has 2 rings (SSSR count). The Labute approximate surface area is 98.9 Å². The van der Waals surface area contributed by atoms with Crippen molar-refractivity contribution in [2.24, 2.45) is 0 Å². The minimum atomic E-state index is -0.271. The normalized spacial score (nSPS) is 23.8. The number of carbonyl (C=O) groups excluding carboxylic acids is 1. The predicted octanol–water partition coefficient (Wildman–Crippen LogP) is 3.57. The van der Waals surface area contributed by atoms with Gasteiger partial charge in [0.25, 0.3) is 0 Å². The van der Waals surface area contributed by atoms with E-state index in [9.17, 15) is 9.18 Å². The van der Waals surface area contributed by atoms with E-state index in [4.69, 9.17) is 11.6 Å². The van der Waals surface area contributed by atoms with Gasteiger partial charge in [-0.3, -0.25) is 4.79 Å². The van der Waals surface area contributed by atoms with Gasteiger partial charge < -0.3 is 0 Å². The molecule has 0 amide bonds. The second-order valence-corrected chi connectivity index (χ2v) is 4.60. The molecule has 0 bridgehead atoms. The third-order valence-corrected chi connectivity index (χ3v) is 3.07. The number of benzene rings is 1. The molecule has 1 unspecified atom stereocenters. The van der Waals surface area contributed by atoms with Gasteiger partial charge in [0.1, 0.15) is 5.82 Å². The average Bonchev–Trinajstić information content (AvgIpc) is 2.27. The zero-order chi connectivity index (χ0) is 11.5. The molecule has 16 heavy (non-hydrogen) atoms. The van der Waals surface area contributed by atoms with Crippen molar-refractivity contribution in [1.29, 1.82) is 0 Å². The summed E-state index contributed by atoms with van der Waals surface area (Å²) in [5.74, 6) is -0.117. The predicted molar refractivity (Wildman–Crippen MR) is 62.9 cm³/mol. The average molecular weight is 239 g/mol. The second-order valence-electron chi connectivity index (χ2n) is 3.98. The monoisotopic (exact) mass is 238 g/mol. The number of Topliss-reactive ketones (excluding diaryl/α,β-unsaturated/α-hetero) is 1. The standard InChI is InChI=1S/C13H12ClFO/c14-11-3-6-13(16)10(8-11)7-9-1-4-12(15)5-2-9/h1-2,4-5,7,11H,3,6,8H2/b10-7-. The molecule has 0 saturated heterocycles. The highest BCUT2D eigenvalue weighted by Crippen LogP contribution is 2.26. The zero-order valence-electron chi connectivity index (χ0n) is 8.75. The van der Waals surface area contributed by atoms with Crippen LogP contribution in [-0.4, -0.2) is 11.2 Å². The van der Waals surface area contributed by atoms with E-state index in [1.54, 1.807) is 18.2 Å². The van der Waals surface area contributed by atoms with E-state index in [0.29, 0.717) is 12.8 Å². The molecule has 3 heteroatoms. The van der Waals surface area contributed by atoms with Crippen molar-refractivity contribution in [3.05, 3.63) is 41.2 Å². The fraction of sp³-hybridized carbons (Fsp3) is 0.308.